The molecule has 0 spiro atoms. The van der Waals surface area contributed by atoms with Crippen LogP contribution in [0, 0.1) is 5.82 Å². The average Bonchev–Trinajstić information content (AvgIpc) is 3.09. The van der Waals surface area contributed by atoms with Crippen LogP contribution < -0.4 is 5.32 Å². The maximum Gasteiger partial charge on any atom is 0.267 e. The summed E-state index contributed by atoms with van der Waals surface area (Å²) in [6.45, 7) is 3.24. The van der Waals surface area contributed by atoms with E-state index >= 15 is 0 Å². The molecule has 0 radical (unpaired) electrons. The Balaban J connectivity index is 1.96. The van der Waals surface area contributed by atoms with Gasteiger partial charge in [-0.2, -0.15) is 0 Å². The molecule has 5 heteroatoms. The van der Waals surface area contributed by atoms with Crippen LogP contribution in [-0.2, 0) is 6.54 Å². The number of rotatable bonds is 5. The monoisotopic (exact) mass is 316 g/mol. The van der Waals surface area contributed by atoms with Crippen LogP contribution in [0.1, 0.15) is 29.4 Å². The zero-order valence-corrected chi connectivity index (χ0v) is 13.1. The quantitative estimate of drug-likeness (QED) is 0.757. The molecule has 3 aromatic rings. The molecule has 0 saturated carbocycles. The van der Waals surface area contributed by atoms with Crippen molar-refractivity contribution in [1.29, 1.82) is 0 Å². The minimum atomic E-state index is -0.252. The number of carbonyl (C=O) groups is 1. The van der Waals surface area contributed by atoms with E-state index < -0.39 is 0 Å². The van der Waals surface area contributed by atoms with Gasteiger partial charge in [0, 0.05) is 13.1 Å². The Bertz CT molecular complexity index is 789. The van der Waals surface area contributed by atoms with E-state index in [2.05, 4.69) is 5.32 Å². The second kappa shape index (κ2) is 6.32. The van der Waals surface area contributed by atoms with Gasteiger partial charge in [0.25, 0.3) is 5.91 Å². The first-order valence-corrected chi connectivity index (χ1v) is 8.16. The van der Waals surface area contributed by atoms with E-state index in [1.54, 1.807) is 23.5 Å². The Morgan fingerprint density at radius 1 is 1.27 bits per heavy atom. The highest BCUT2D eigenvalue weighted by molar-refractivity contribution is 7.17. The predicted molar refractivity (Wildman–Crippen MR) is 87.9 cm³/mol. The zero-order chi connectivity index (χ0) is 15.5. The Morgan fingerprint density at radius 3 is 2.77 bits per heavy atom. The largest absolute Gasteiger partial charge is 0.351 e. The Kier molecular flexibility index (Phi) is 4.24. The van der Waals surface area contributed by atoms with Gasteiger partial charge >= 0.3 is 0 Å². The maximum atomic E-state index is 13.0. The SMILES string of the molecule is CCCNC(=O)c1cc2sccc2n1Cc1ccc(F)cc1. The normalized spacial score (nSPS) is 11.0. The van der Waals surface area contributed by atoms with Gasteiger partial charge in [0.05, 0.1) is 10.2 Å². The van der Waals surface area contributed by atoms with Crippen LogP contribution in [0.25, 0.3) is 10.2 Å². The first kappa shape index (κ1) is 14.8. The molecule has 3 nitrogen and oxygen atoms in total. The van der Waals surface area contributed by atoms with Crippen LogP contribution in [0.2, 0.25) is 0 Å². The molecular weight excluding hydrogens is 299 g/mol. The highest BCUT2D eigenvalue weighted by Crippen LogP contribution is 2.26. The van der Waals surface area contributed by atoms with E-state index in [1.165, 1.54) is 12.1 Å². The van der Waals surface area contributed by atoms with E-state index in [0.717, 1.165) is 22.2 Å². The summed E-state index contributed by atoms with van der Waals surface area (Å²) in [6.07, 6.45) is 0.902. The summed E-state index contributed by atoms with van der Waals surface area (Å²) < 4.78 is 16.1. The number of nitrogens with one attached hydrogen (secondary N) is 1. The van der Waals surface area contributed by atoms with Crippen LogP contribution in [-0.4, -0.2) is 17.0 Å². The lowest BCUT2D eigenvalue weighted by Gasteiger charge is -2.10. The number of amides is 1. The van der Waals surface area contributed by atoms with Gasteiger partial charge in [0.15, 0.2) is 0 Å². The number of benzene rings is 1. The van der Waals surface area contributed by atoms with E-state index in [0.29, 0.717) is 18.8 Å². The fraction of sp³-hybridized carbons (Fsp3) is 0.235. The molecule has 1 amide bonds. The number of aromatic nitrogens is 1. The summed E-state index contributed by atoms with van der Waals surface area (Å²) in [4.78, 5) is 12.3. The van der Waals surface area contributed by atoms with Gasteiger partial charge in [-0.1, -0.05) is 19.1 Å². The molecule has 2 aromatic heterocycles. The second-order valence-corrected chi connectivity index (χ2v) is 6.12. The molecule has 3 rings (SSSR count). The molecule has 0 aliphatic heterocycles. The highest BCUT2D eigenvalue weighted by atomic mass is 32.1. The molecule has 114 valence electrons. The third kappa shape index (κ3) is 2.90. The molecule has 1 aromatic carbocycles. The second-order valence-electron chi connectivity index (χ2n) is 5.17. The first-order chi connectivity index (χ1) is 10.7. The molecule has 0 bridgehead atoms. The number of halogens is 1. The van der Waals surface area contributed by atoms with Crippen molar-refractivity contribution in [3.63, 3.8) is 0 Å². The van der Waals surface area contributed by atoms with Crippen molar-refractivity contribution in [2.75, 3.05) is 6.54 Å². The van der Waals surface area contributed by atoms with E-state index in [9.17, 15) is 9.18 Å². The molecule has 0 fully saturated rings. The van der Waals surface area contributed by atoms with Crippen molar-refractivity contribution < 1.29 is 9.18 Å². The summed E-state index contributed by atoms with van der Waals surface area (Å²) in [5, 5.41) is 4.93. The molecule has 0 atom stereocenters. The number of thiophene rings is 1. The number of hydrogen-bond donors (Lipinski definition) is 1. The van der Waals surface area contributed by atoms with Crippen LogP contribution in [0.4, 0.5) is 4.39 Å². The van der Waals surface area contributed by atoms with Crippen LogP contribution >= 0.6 is 11.3 Å². The van der Waals surface area contributed by atoms with Crippen LogP contribution in [0.3, 0.4) is 0 Å². The molecule has 0 saturated heterocycles. The summed E-state index contributed by atoms with van der Waals surface area (Å²) in [6, 6.07) is 10.3. The summed E-state index contributed by atoms with van der Waals surface area (Å²) in [5.74, 6) is -0.315. The fourth-order valence-electron chi connectivity index (χ4n) is 2.44. The topological polar surface area (TPSA) is 34.0 Å². The van der Waals surface area contributed by atoms with Gasteiger partial charge < -0.3 is 9.88 Å². The van der Waals surface area contributed by atoms with E-state index in [-0.39, 0.29) is 11.7 Å². The molecular formula is C17H17FN2OS. The minimum absolute atomic E-state index is 0.0626. The highest BCUT2D eigenvalue weighted by Gasteiger charge is 2.16. The minimum Gasteiger partial charge on any atom is -0.351 e. The van der Waals surface area contributed by atoms with E-state index in [1.807, 2.05) is 29.0 Å². The number of fused-ring (bicyclic) bond motifs is 1. The fourth-order valence-corrected chi connectivity index (χ4v) is 3.26. The lowest BCUT2D eigenvalue weighted by molar-refractivity contribution is 0.0945. The van der Waals surface area contributed by atoms with Gasteiger partial charge in [-0.3, -0.25) is 4.79 Å². The third-order valence-electron chi connectivity index (χ3n) is 3.54. The molecule has 0 aliphatic carbocycles. The van der Waals surface area contributed by atoms with E-state index in [4.69, 9.17) is 0 Å². The van der Waals surface area contributed by atoms with Gasteiger partial charge in [-0.15, -0.1) is 11.3 Å². The Labute approximate surface area is 132 Å². The summed E-state index contributed by atoms with van der Waals surface area (Å²) in [7, 11) is 0. The smallest absolute Gasteiger partial charge is 0.267 e. The van der Waals surface area contributed by atoms with Crippen molar-refractivity contribution in [1.82, 2.24) is 9.88 Å². The van der Waals surface area contributed by atoms with Gasteiger partial charge in [0.1, 0.15) is 11.5 Å². The summed E-state index contributed by atoms with van der Waals surface area (Å²) >= 11 is 1.62. The van der Waals surface area contributed by atoms with Crippen molar-refractivity contribution in [2.45, 2.75) is 19.9 Å². The standard InChI is InChI=1S/C17H17FN2OS/c1-2-8-19-17(21)15-10-16-14(7-9-22-16)20(15)11-12-3-5-13(18)6-4-12/h3-7,9-10H,2,8,11H2,1H3,(H,19,21). The van der Waals surface area contributed by atoms with Crippen molar-refractivity contribution in [3.05, 3.63) is 58.9 Å². The number of carbonyl (C=O) groups excluding carboxylic acids is 1. The Hall–Kier alpha value is -2.14. The predicted octanol–water partition coefficient (Wildman–Crippen LogP) is 4.03. The molecule has 22 heavy (non-hydrogen) atoms. The van der Waals surface area contributed by atoms with Gasteiger partial charge in [-0.25, -0.2) is 4.39 Å². The number of hydrogen-bond acceptors (Lipinski definition) is 2. The average molecular weight is 316 g/mol. The number of nitrogens with zero attached hydrogens (tertiary/aromatic N) is 1. The summed E-state index contributed by atoms with van der Waals surface area (Å²) in [5.41, 5.74) is 2.66. The molecule has 0 aliphatic rings. The molecule has 0 unspecified atom stereocenters. The molecule has 1 N–H and O–H groups in total. The van der Waals surface area contributed by atoms with Gasteiger partial charge in [0.2, 0.25) is 0 Å². The zero-order valence-electron chi connectivity index (χ0n) is 12.3. The third-order valence-corrected chi connectivity index (χ3v) is 4.40. The first-order valence-electron chi connectivity index (χ1n) is 7.28. The Morgan fingerprint density at radius 2 is 2.05 bits per heavy atom. The van der Waals surface area contributed by atoms with Crippen LogP contribution in [0.15, 0.2) is 41.8 Å². The lowest BCUT2D eigenvalue weighted by atomic mass is 10.2. The van der Waals surface area contributed by atoms with Crippen molar-refractivity contribution in [3.8, 4) is 0 Å². The molecule has 2 heterocycles. The lowest BCUT2D eigenvalue weighted by Crippen LogP contribution is -2.26. The van der Waals surface area contributed by atoms with Gasteiger partial charge in [-0.05, 0) is 41.6 Å². The van der Waals surface area contributed by atoms with Crippen molar-refractivity contribution in [2.24, 2.45) is 0 Å². The van der Waals surface area contributed by atoms with Crippen molar-refractivity contribution >= 4 is 27.5 Å². The maximum absolute atomic E-state index is 13.0. The van der Waals surface area contributed by atoms with Crippen LogP contribution in [0.5, 0.6) is 0 Å².